The molecule has 1 unspecified atom stereocenters. The molecule has 0 aliphatic carbocycles. The molecule has 0 radical (unpaired) electrons. The molecule has 1 atom stereocenters. The molecule has 1 rings (SSSR count). The van der Waals surface area contributed by atoms with E-state index in [1.54, 1.807) is 6.20 Å². The molecule has 1 aromatic rings. The number of hydrogen-bond donors (Lipinski definition) is 2. The molecule has 0 bridgehead atoms. The van der Waals surface area contributed by atoms with Crippen LogP contribution in [0.25, 0.3) is 0 Å². The van der Waals surface area contributed by atoms with E-state index in [-0.39, 0.29) is 0 Å². The van der Waals surface area contributed by atoms with Gasteiger partial charge < -0.3 is 11.1 Å². The van der Waals surface area contributed by atoms with Gasteiger partial charge in [-0.05, 0) is 31.5 Å². The van der Waals surface area contributed by atoms with Crippen LogP contribution in [0.5, 0.6) is 0 Å². The second kappa shape index (κ2) is 9.28. The average molecular weight is 206 g/mol. The number of hydrogen-bond acceptors (Lipinski definition) is 2. The molecule has 0 saturated heterocycles. The highest BCUT2D eigenvalue weighted by Gasteiger charge is 1.94. The molecule has 0 heterocycles. The Morgan fingerprint density at radius 1 is 1.40 bits per heavy atom. The quantitative estimate of drug-likeness (QED) is 0.793. The Labute approximate surface area is 93.2 Å². The second-order valence-corrected chi connectivity index (χ2v) is 3.49. The monoisotopic (exact) mass is 206 g/mol. The summed E-state index contributed by atoms with van der Waals surface area (Å²) in [6.07, 6.45) is 3.79. The van der Waals surface area contributed by atoms with Gasteiger partial charge >= 0.3 is 0 Å². The predicted molar refractivity (Wildman–Crippen MR) is 67.7 cm³/mol. The highest BCUT2D eigenvalue weighted by Crippen LogP contribution is 2.02. The van der Waals surface area contributed by atoms with Crippen molar-refractivity contribution in [2.75, 3.05) is 7.05 Å². The lowest BCUT2D eigenvalue weighted by molar-refractivity contribution is 0.666. The Morgan fingerprint density at radius 3 is 2.33 bits per heavy atom. The van der Waals surface area contributed by atoms with Crippen LogP contribution in [0.3, 0.4) is 0 Å². The molecular formula is C13H22N2. The van der Waals surface area contributed by atoms with E-state index in [9.17, 15) is 0 Å². The topological polar surface area (TPSA) is 38.0 Å². The van der Waals surface area contributed by atoms with E-state index in [1.807, 2.05) is 20.0 Å². The van der Waals surface area contributed by atoms with Gasteiger partial charge in [0.1, 0.15) is 0 Å². The molecule has 0 aromatic heterocycles. The van der Waals surface area contributed by atoms with Crippen LogP contribution in [0.1, 0.15) is 18.9 Å². The Bertz CT molecular complexity index is 242. The van der Waals surface area contributed by atoms with Crippen molar-refractivity contribution in [3.05, 3.63) is 48.7 Å². The highest BCUT2D eigenvalue weighted by atomic mass is 14.8. The molecule has 3 N–H and O–H groups in total. The third kappa shape index (κ3) is 9.03. The van der Waals surface area contributed by atoms with Crippen molar-refractivity contribution < 1.29 is 0 Å². The van der Waals surface area contributed by atoms with E-state index in [0.29, 0.717) is 6.04 Å². The van der Waals surface area contributed by atoms with E-state index >= 15 is 0 Å². The first kappa shape index (κ1) is 13.7. The third-order valence-electron chi connectivity index (χ3n) is 1.94. The first-order valence-corrected chi connectivity index (χ1v) is 5.28. The van der Waals surface area contributed by atoms with Gasteiger partial charge in [-0.1, -0.05) is 36.9 Å². The van der Waals surface area contributed by atoms with Crippen LogP contribution in [0, 0.1) is 0 Å². The molecule has 0 amide bonds. The molecule has 2 heteroatoms. The van der Waals surface area contributed by atoms with E-state index in [1.165, 1.54) is 5.56 Å². The van der Waals surface area contributed by atoms with E-state index in [4.69, 9.17) is 5.73 Å². The van der Waals surface area contributed by atoms with Gasteiger partial charge in [-0.3, -0.25) is 0 Å². The van der Waals surface area contributed by atoms with Gasteiger partial charge in [-0.15, -0.1) is 0 Å². The summed E-state index contributed by atoms with van der Waals surface area (Å²) in [5, 5.41) is 2.69. The molecule has 15 heavy (non-hydrogen) atoms. The summed E-state index contributed by atoms with van der Waals surface area (Å²) in [6.45, 7) is 5.41. The van der Waals surface area contributed by atoms with Gasteiger partial charge in [0, 0.05) is 13.1 Å². The fourth-order valence-electron chi connectivity index (χ4n) is 1.04. The maximum absolute atomic E-state index is 5.64. The van der Waals surface area contributed by atoms with Crippen molar-refractivity contribution in [3.8, 4) is 0 Å². The van der Waals surface area contributed by atoms with Gasteiger partial charge in [-0.25, -0.2) is 0 Å². The van der Waals surface area contributed by atoms with Crippen LogP contribution in [0.2, 0.25) is 0 Å². The number of rotatable bonds is 4. The van der Waals surface area contributed by atoms with Gasteiger partial charge in [0.05, 0.1) is 0 Å². The van der Waals surface area contributed by atoms with Crippen LogP contribution in [0.4, 0.5) is 0 Å². The van der Waals surface area contributed by atoms with Gasteiger partial charge in [0.2, 0.25) is 0 Å². The molecule has 0 aliphatic heterocycles. The third-order valence-corrected chi connectivity index (χ3v) is 1.94. The number of aryl methyl sites for hydroxylation is 1. The molecular weight excluding hydrogens is 184 g/mol. The van der Waals surface area contributed by atoms with Crippen LogP contribution < -0.4 is 11.1 Å². The molecule has 0 aliphatic rings. The zero-order chi connectivity index (χ0) is 11.5. The summed E-state index contributed by atoms with van der Waals surface area (Å²) >= 11 is 0. The Morgan fingerprint density at radius 2 is 1.93 bits per heavy atom. The molecule has 1 aromatic carbocycles. The summed E-state index contributed by atoms with van der Waals surface area (Å²) in [7, 11) is 1.81. The summed E-state index contributed by atoms with van der Waals surface area (Å²) in [4.78, 5) is 0. The number of nitrogens with one attached hydrogen (secondary N) is 1. The molecule has 0 saturated carbocycles. The number of nitrogens with two attached hydrogens (primary N) is 1. The minimum absolute atomic E-state index is 0.315. The average Bonchev–Trinajstić information content (AvgIpc) is 2.28. The SMILES string of the molecule is C=CNC.CC(N)CCc1ccccc1. The fraction of sp³-hybridized carbons (Fsp3) is 0.385. The highest BCUT2D eigenvalue weighted by molar-refractivity contribution is 5.14. The largest absolute Gasteiger partial charge is 0.394 e. The van der Waals surface area contributed by atoms with Crippen molar-refractivity contribution >= 4 is 0 Å². The van der Waals surface area contributed by atoms with E-state index in [0.717, 1.165) is 12.8 Å². The normalized spacial score (nSPS) is 10.9. The minimum atomic E-state index is 0.315. The standard InChI is InChI=1S/C10H15N.C3H7N/c1-9(11)7-8-10-5-3-2-4-6-10;1-3-4-2/h2-6,9H,7-8,11H2,1H3;3-4H,1H2,2H3. The summed E-state index contributed by atoms with van der Waals surface area (Å²) in [5.41, 5.74) is 7.02. The van der Waals surface area contributed by atoms with Gasteiger partial charge in [0.15, 0.2) is 0 Å². The predicted octanol–water partition coefficient (Wildman–Crippen LogP) is 2.32. The lowest BCUT2D eigenvalue weighted by atomic mass is 10.1. The minimum Gasteiger partial charge on any atom is -0.394 e. The first-order chi connectivity index (χ1) is 7.20. The van der Waals surface area contributed by atoms with Gasteiger partial charge in [-0.2, -0.15) is 0 Å². The summed E-state index contributed by atoms with van der Waals surface area (Å²) in [5.74, 6) is 0. The van der Waals surface area contributed by atoms with E-state index in [2.05, 4.69) is 36.2 Å². The van der Waals surface area contributed by atoms with Crippen LogP contribution in [-0.2, 0) is 6.42 Å². The molecule has 2 nitrogen and oxygen atoms in total. The zero-order valence-electron chi connectivity index (χ0n) is 9.74. The van der Waals surface area contributed by atoms with Gasteiger partial charge in [0.25, 0.3) is 0 Å². The zero-order valence-corrected chi connectivity index (χ0v) is 9.74. The van der Waals surface area contributed by atoms with Crippen molar-refractivity contribution in [1.82, 2.24) is 5.32 Å². The smallest absolute Gasteiger partial charge is 0.00275 e. The van der Waals surface area contributed by atoms with Crippen LogP contribution in [-0.4, -0.2) is 13.1 Å². The maximum atomic E-state index is 5.64. The first-order valence-electron chi connectivity index (χ1n) is 5.28. The Balaban J connectivity index is 0.000000423. The van der Waals surface area contributed by atoms with Crippen molar-refractivity contribution in [3.63, 3.8) is 0 Å². The Hall–Kier alpha value is -1.28. The van der Waals surface area contributed by atoms with Crippen LogP contribution in [0.15, 0.2) is 43.1 Å². The summed E-state index contributed by atoms with van der Waals surface area (Å²) < 4.78 is 0. The molecule has 0 fully saturated rings. The van der Waals surface area contributed by atoms with Crippen LogP contribution >= 0.6 is 0 Å². The molecule has 84 valence electrons. The number of benzene rings is 1. The summed E-state index contributed by atoms with van der Waals surface area (Å²) in [6, 6.07) is 10.8. The maximum Gasteiger partial charge on any atom is 0.00275 e. The van der Waals surface area contributed by atoms with Crippen molar-refractivity contribution in [2.24, 2.45) is 5.73 Å². The lowest BCUT2D eigenvalue weighted by Gasteiger charge is -2.03. The fourth-order valence-corrected chi connectivity index (χ4v) is 1.04. The van der Waals surface area contributed by atoms with Crippen molar-refractivity contribution in [2.45, 2.75) is 25.8 Å². The second-order valence-electron chi connectivity index (χ2n) is 3.49. The molecule has 0 spiro atoms. The lowest BCUT2D eigenvalue weighted by Crippen LogP contribution is -2.15. The Kier molecular flexibility index (Phi) is 8.49. The van der Waals surface area contributed by atoms with E-state index < -0.39 is 0 Å². The van der Waals surface area contributed by atoms with Crippen molar-refractivity contribution in [1.29, 1.82) is 0 Å².